The highest BCUT2D eigenvalue weighted by atomic mass is 16.2. The van der Waals surface area contributed by atoms with Crippen LogP contribution in [0.2, 0.25) is 0 Å². The summed E-state index contributed by atoms with van der Waals surface area (Å²) in [6, 6.07) is -0.111. The first-order valence-electron chi connectivity index (χ1n) is 5.47. The fraction of sp³-hybridized carbons (Fsp3) is 0.800. The molecular formula is C10H17N3O2. The first-order chi connectivity index (χ1) is 7.16. The summed E-state index contributed by atoms with van der Waals surface area (Å²) in [5.74, 6) is 0.435. The maximum atomic E-state index is 11.8. The van der Waals surface area contributed by atoms with Gasteiger partial charge in [-0.25, -0.2) is 0 Å². The molecule has 2 aliphatic heterocycles. The molecule has 2 amide bonds. The SMILES string of the molecule is CC1CCNC1C(=O)NC1CNC(=O)C1. The first kappa shape index (κ1) is 10.4. The van der Waals surface area contributed by atoms with Gasteiger partial charge in [0.05, 0.1) is 12.1 Å². The van der Waals surface area contributed by atoms with Gasteiger partial charge in [0.1, 0.15) is 0 Å². The van der Waals surface area contributed by atoms with Gasteiger partial charge in [0, 0.05) is 13.0 Å². The Morgan fingerprint density at radius 1 is 1.53 bits per heavy atom. The molecule has 2 heterocycles. The van der Waals surface area contributed by atoms with Crippen molar-refractivity contribution < 1.29 is 9.59 Å². The Balaban J connectivity index is 1.84. The molecule has 3 N–H and O–H groups in total. The third-order valence-corrected chi connectivity index (χ3v) is 3.14. The minimum absolute atomic E-state index is 0.0210. The van der Waals surface area contributed by atoms with Crippen molar-refractivity contribution in [3.05, 3.63) is 0 Å². The van der Waals surface area contributed by atoms with E-state index in [9.17, 15) is 9.59 Å². The van der Waals surface area contributed by atoms with E-state index < -0.39 is 0 Å². The summed E-state index contributed by atoms with van der Waals surface area (Å²) in [6.07, 6.45) is 1.45. The van der Waals surface area contributed by atoms with Gasteiger partial charge in [-0.3, -0.25) is 9.59 Å². The lowest BCUT2D eigenvalue weighted by atomic mass is 10.0. The molecule has 3 atom stereocenters. The number of rotatable bonds is 2. The molecule has 2 fully saturated rings. The lowest BCUT2D eigenvalue weighted by molar-refractivity contribution is -0.124. The van der Waals surface area contributed by atoms with Crippen LogP contribution >= 0.6 is 0 Å². The highest BCUT2D eigenvalue weighted by Gasteiger charge is 2.32. The van der Waals surface area contributed by atoms with E-state index in [1.54, 1.807) is 0 Å². The first-order valence-corrected chi connectivity index (χ1v) is 5.47. The fourth-order valence-electron chi connectivity index (χ4n) is 2.18. The van der Waals surface area contributed by atoms with Crippen molar-refractivity contribution in [2.24, 2.45) is 5.92 Å². The Bertz CT molecular complexity index is 280. The average Bonchev–Trinajstić information content (AvgIpc) is 2.75. The van der Waals surface area contributed by atoms with Crippen molar-refractivity contribution in [3.8, 4) is 0 Å². The molecule has 0 aliphatic carbocycles. The summed E-state index contributed by atoms with van der Waals surface area (Å²) >= 11 is 0. The van der Waals surface area contributed by atoms with Crippen molar-refractivity contribution in [2.75, 3.05) is 13.1 Å². The van der Waals surface area contributed by atoms with Gasteiger partial charge >= 0.3 is 0 Å². The summed E-state index contributed by atoms with van der Waals surface area (Å²) in [4.78, 5) is 22.7. The summed E-state index contributed by atoms with van der Waals surface area (Å²) in [5.41, 5.74) is 0. The van der Waals surface area contributed by atoms with Gasteiger partial charge in [-0.2, -0.15) is 0 Å². The smallest absolute Gasteiger partial charge is 0.237 e. The van der Waals surface area contributed by atoms with E-state index in [1.807, 2.05) is 0 Å². The topological polar surface area (TPSA) is 70.2 Å². The van der Waals surface area contributed by atoms with E-state index in [1.165, 1.54) is 0 Å². The molecule has 2 rings (SSSR count). The zero-order valence-corrected chi connectivity index (χ0v) is 8.88. The van der Waals surface area contributed by atoms with Crippen LogP contribution in [0.5, 0.6) is 0 Å². The van der Waals surface area contributed by atoms with Crippen molar-refractivity contribution in [1.82, 2.24) is 16.0 Å². The highest BCUT2D eigenvalue weighted by molar-refractivity contribution is 5.85. The van der Waals surface area contributed by atoms with Crippen LogP contribution in [0.15, 0.2) is 0 Å². The summed E-state index contributed by atoms with van der Waals surface area (Å²) in [6.45, 7) is 3.54. The summed E-state index contributed by atoms with van der Waals surface area (Å²) < 4.78 is 0. The van der Waals surface area contributed by atoms with Crippen LogP contribution in [0.25, 0.3) is 0 Å². The minimum atomic E-state index is -0.0827. The predicted molar refractivity (Wildman–Crippen MR) is 55.1 cm³/mol. The van der Waals surface area contributed by atoms with Gasteiger partial charge < -0.3 is 16.0 Å². The van der Waals surface area contributed by atoms with Crippen LogP contribution in [-0.4, -0.2) is 37.0 Å². The third kappa shape index (κ3) is 2.28. The van der Waals surface area contributed by atoms with Crippen LogP contribution < -0.4 is 16.0 Å². The molecule has 5 nitrogen and oxygen atoms in total. The van der Waals surface area contributed by atoms with E-state index >= 15 is 0 Å². The summed E-state index contributed by atoms with van der Waals surface area (Å²) in [7, 11) is 0. The molecule has 5 heteroatoms. The molecule has 0 aromatic heterocycles. The van der Waals surface area contributed by atoms with Crippen LogP contribution in [-0.2, 0) is 9.59 Å². The van der Waals surface area contributed by atoms with Crippen LogP contribution in [0.1, 0.15) is 19.8 Å². The predicted octanol–water partition coefficient (Wildman–Crippen LogP) is -1.01. The molecule has 15 heavy (non-hydrogen) atoms. The van der Waals surface area contributed by atoms with Crippen LogP contribution in [0.4, 0.5) is 0 Å². The van der Waals surface area contributed by atoms with Gasteiger partial charge in [-0.1, -0.05) is 6.92 Å². The van der Waals surface area contributed by atoms with E-state index in [-0.39, 0.29) is 23.9 Å². The average molecular weight is 211 g/mol. The van der Waals surface area contributed by atoms with E-state index in [0.717, 1.165) is 13.0 Å². The number of nitrogens with one attached hydrogen (secondary N) is 3. The van der Waals surface area contributed by atoms with Crippen molar-refractivity contribution in [2.45, 2.75) is 31.8 Å². The van der Waals surface area contributed by atoms with E-state index in [4.69, 9.17) is 0 Å². The molecule has 0 aromatic carbocycles. The van der Waals surface area contributed by atoms with Crippen molar-refractivity contribution in [1.29, 1.82) is 0 Å². The minimum Gasteiger partial charge on any atom is -0.354 e. The van der Waals surface area contributed by atoms with Gasteiger partial charge in [-0.15, -0.1) is 0 Å². The number of carbonyl (C=O) groups excluding carboxylic acids is 2. The molecule has 0 radical (unpaired) electrons. The van der Waals surface area contributed by atoms with Crippen LogP contribution in [0.3, 0.4) is 0 Å². The van der Waals surface area contributed by atoms with Gasteiger partial charge in [0.2, 0.25) is 11.8 Å². The Kier molecular flexibility index (Phi) is 2.90. The number of amides is 2. The van der Waals surface area contributed by atoms with Crippen LogP contribution in [0, 0.1) is 5.92 Å². The largest absolute Gasteiger partial charge is 0.354 e. The Hall–Kier alpha value is -1.10. The second-order valence-electron chi connectivity index (χ2n) is 4.41. The Labute approximate surface area is 89.0 Å². The standard InChI is InChI=1S/C10H17N3O2/c1-6-2-3-11-9(6)10(15)13-7-4-8(14)12-5-7/h6-7,9,11H,2-5H2,1H3,(H,12,14)(H,13,15). The molecule has 0 spiro atoms. The van der Waals surface area contributed by atoms with Gasteiger partial charge in [-0.05, 0) is 18.9 Å². The third-order valence-electron chi connectivity index (χ3n) is 3.14. The summed E-state index contributed by atoms with van der Waals surface area (Å²) in [5, 5.41) is 8.77. The second-order valence-corrected chi connectivity index (χ2v) is 4.41. The quantitative estimate of drug-likeness (QED) is 0.548. The van der Waals surface area contributed by atoms with Gasteiger partial charge in [0.25, 0.3) is 0 Å². The maximum absolute atomic E-state index is 11.8. The number of hydrogen-bond acceptors (Lipinski definition) is 3. The normalized spacial score (nSPS) is 35.3. The lowest BCUT2D eigenvalue weighted by Gasteiger charge is -2.18. The zero-order chi connectivity index (χ0) is 10.8. The molecule has 0 aromatic rings. The van der Waals surface area contributed by atoms with Gasteiger partial charge in [0.15, 0.2) is 0 Å². The van der Waals surface area contributed by atoms with Crippen molar-refractivity contribution >= 4 is 11.8 Å². The maximum Gasteiger partial charge on any atom is 0.237 e. The molecule has 2 saturated heterocycles. The monoisotopic (exact) mass is 211 g/mol. The van der Waals surface area contributed by atoms with E-state index in [0.29, 0.717) is 18.9 Å². The molecule has 0 saturated carbocycles. The molecule has 0 bridgehead atoms. The Morgan fingerprint density at radius 2 is 2.33 bits per heavy atom. The fourth-order valence-corrected chi connectivity index (χ4v) is 2.18. The number of carbonyl (C=O) groups is 2. The zero-order valence-electron chi connectivity index (χ0n) is 8.88. The molecule has 2 aliphatic rings. The van der Waals surface area contributed by atoms with E-state index in [2.05, 4.69) is 22.9 Å². The molecular weight excluding hydrogens is 194 g/mol. The van der Waals surface area contributed by atoms with Crippen molar-refractivity contribution in [3.63, 3.8) is 0 Å². The second kappa shape index (κ2) is 4.18. The Morgan fingerprint density at radius 3 is 2.87 bits per heavy atom. The highest BCUT2D eigenvalue weighted by Crippen LogP contribution is 2.14. The molecule has 84 valence electrons. The molecule has 3 unspecified atom stereocenters. The number of hydrogen-bond donors (Lipinski definition) is 3. The lowest BCUT2D eigenvalue weighted by Crippen LogP contribution is -2.47.